The largest absolute Gasteiger partial charge is 0.475 e. The van der Waals surface area contributed by atoms with Crippen LogP contribution in [0.5, 0.6) is 0 Å². The molecule has 1 saturated heterocycles. The second-order valence-electron chi connectivity index (χ2n) is 6.73. The minimum absolute atomic E-state index is 0.0592. The van der Waals surface area contributed by atoms with Gasteiger partial charge in [0, 0.05) is 54.2 Å². The normalized spacial score (nSPS) is 15.3. The summed E-state index contributed by atoms with van der Waals surface area (Å²) in [5.41, 5.74) is 2.62. The van der Waals surface area contributed by atoms with Gasteiger partial charge in [-0.1, -0.05) is 23.2 Å². The van der Waals surface area contributed by atoms with Gasteiger partial charge >= 0.3 is 5.97 Å². The molecule has 3 aromatic rings. The zero-order valence-corrected chi connectivity index (χ0v) is 17.9. The molecule has 0 bridgehead atoms. The molecule has 1 fully saturated rings. The van der Waals surface area contributed by atoms with Crippen LogP contribution in [0.4, 0.5) is 5.69 Å². The van der Waals surface area contributed by atoms with Gasteiger partial charge in [0.15, 0.2) is 0 Å². The first-order valence-electron chi connectivity index (χ1n) is 8.79. The number of furan rings is 1. The van der Waals surface area contributed by atoms with E-state index in [0.717, 1.165) is 58.9 Å². The lowest BCUT2D eigenvalue weighted by molar-refractivity contribution is 0.0665. The van der Waals surface area contributed by atoms with Crippen LogP contribution < -0.4 is 4.90 Å². The van der Waals surface area contributed by atoms with Gasteiger partial charge in [-0.05, 0) is 51.8 Å². The number of aromatic carboxylic acids is 1. The summed E-state index contributed by atoms with van der Waals surface area (Å²) >= 11 is 16.0. The number of anilines is 1. The molecule has 28 heavy (non-hydrogen) atoms. The number of carboxylic acid groups (broad SMARTS) is 1. The average molecular weight is 484 g/mol. The maximum Gasteiger partial charge on any atom is 0.371 e. The third-order valence-electron chi connectivity index (χ3n) is 4.94. The van der Waals surface area contributed by atoms with Crippen molar-refractivity contribution in [1.82, 2.24) is 4.90 Å². The Bertz CT molecular complexity index is 1050. The monoisotopic (exact) mass is 482 g/mol. The van der Waals surface area contributed by atoms with Crippen molar-refractivity contribution in [2.75, 3.05) is 31.1 Å². The quantitative estimate of drug-likeness (QED) is 0.529. The number of carboxylic acids is 1. The van der Waals surface area contributed by atoms with Crippen molar-refractivity contribution in [3.63, 3.8) is 0 Å². The van der Waals surface area contributed by atoms with Crippen molar-refractivity contribution in [2.45, 2.75) is 6.54 Å². The van der Waals surface area contributed by atoms with E-state index in [4.69, 9.17) is 32.7 Å². The third kappa shape index (κ3) is 3.87. The molecule has 1 aliphatic heterocycles. The van der Waals surface area contributed by atoms with Crippen LogP contribution in [0.1, 0.15) is 16.1 Å². The Balaban J connectivity index is 1.48. The highest BCUT2D eigenvalue weighted by atomic mass is 79.9. The molecule has 0 spiro atoms. The Kier molecular flexibility index (Phi) is 5.56. The molecule has 2 heterocycles. The average Bonchev–Trinajstić information content (AvgIpc) is 3.12. The first-order valence-corrected chi connectivity index (χ1v) is 10.3. The van der Waals surface area contributed by atoms with Gasteiger partial charge in [-0.2, -0.15) is 0 Å². The van der Waals surface area contributed by atoms with Crippen molar-refractivity contribution in [3.8, 4) is 0 Å². The minimum atomic E-state index is -1.07. The maximum atomic E-state index is 11.2. The molecule has 0 amide bonds. The molecule has 0 unspecified atom stereocenters. The number of nitrogens with zero attached hydrogens (tertiary/aromatic N) is 2. The Morgan fingerprint density at radius 3 is 2.57 bits per heavy atom. The van der Waals surface area contributed by atoms with Crippen molar-refractivity contribution in [1.29, 1.82) is 0 Å². The molecule has 0 saturated carbocycles. The molecular formula is C20H17BrCl2N2O3. The summed E-state index contributed by atoms with van der Waals surface area (Å²) in [5.74, 6) is -1.13. The molecule has 1 N–H and O–H groups in total. The van der Waals surface area contributed by atoms with E-state index in [1.54, 1.807) is 12.1 Å². The number of fused-ring (bicyclic) bond motifs is 1. The van der Waals surface area contributed by atoms with Gasteiger partial charge in [0.05, 0.1) is 10.2 Å². The zero-order chi connectivity index (χ0) is 19.8. The molecule has 0 radical (unpaired) electrons. The summed E-state index contributed by atoms with van der Waals surface area (Å²) in [6, 6.07) is 10.9. The lowest BCUT2D eigenvalue weighted by Crippen LogP contribution is -2.46. The molecule has 1 aliphatic rings. The molecule has 4 rings (SSSR count). The number of piperazine rings is 1. The van der Waals surface area contributed by atoms with Crippen molar-refractivity contribution >= 4 is 61.8 Å². The molecular weight excluding hydrogens is 467 g/mol. The topological polar surface area (TPSA) is 56.9 Å². The lowest BCUT2D eigenvalue weighted by atomic mass is 10.1. The molecule has 146 valence electrons. The smallest absolute Gasteiger partial charge is 0.371 e. The first kappa shape index (κ1) is 19.6. The summed E-state index contributed by atoms with van der Waals surface area (Å²) < 4.78 is 6.23. The van der Waals surface area contributed by atoms with Gasteiger partial charge in [-0.25, -0.2) is 4.79 Å². The van der Waals surface area contributed by atoms with Crippen LogP contribution in [0.15, 0.2) is 45.3 Å². The van der Waals surface area contributed by atoms with E-state index in [2.05, 4.69) is 25.7 Å². The Hall–Kier alpha value is -1.73. The van der Waals surface area contributed by atoms with Crippen LogP contribution in [-0.2, 0) is 6.54 Å². The standard InChI is InChI=1S/C20H17BrCl2N2O3/c21-19-14-10-18(20(26)27)28-17(14)4-3-16(19)25-7-5-24(6-8-25)11-12-9-13(22)1-2-15(12)23/h1-4,9-10H,5-8,11H2,(H,26,27). The zero-order valence-electron chi connectivity index (χ0n) is 14.8. The maximum absolute atomic E-state index is 11.2. The Morgan fingerprint density at radius 1 is 1.11 bits per heavy atom. The summed E-state index contributed by atoms with van der Waals surface area (Å²) in [5, 5.41) is 11.3. The van der Waals surface area contributed by atoms with E-state index in [1.807, 2.05) is 24.3 Å². The van der Waals surface area contributed by atoms with Gasteiger partial charge in [0.2, 0.25) is 5.76 Å². The van der Waals surface area contributed by atoms with E-state index in [1.165, 1.54) is 0 Å². The van der Waals surface area contributed by atoms with Gasteiger partial charge < -0.3 is 14.4 Å². The van der Waals surface area contributed by atoms with Crippen molar-refractivity contribution in [3.05, 3.63) is 62.2 Å². The summed E-state index contributed by atoms with van der Waals surface area (Å²) in [4.78, 5) is 15.8. The highest BCUT2D eigenvalue weighted by molar-refractivity contribution is 9.10. The van der Waals surface area contributed by atoms with Crippen LogP contribution in [0.2, 0.25) is 10.0 Å². The van der Waals surface area contributed by atoms with Gasteiger partial charge in [-0.3, -0.25) is 4.90 Å². The summed E-state index contributed by atoms with van der Waals surface area (Å²) in [7, 11) is 0. The van der Waals surface area contributed by atoms with Crippen LogP contribution in [0.3, 0.4) is 0 Å². The third-order valence-corrected chi connectivity index (χ3v) is 6.38. The van der Waals surface area contributed by atoms with Gasteiger partial charge in [0.25, 0.3) is 0 Å². The predicted octanol–water partition coefficient (Wildman–Crippen LogP) is 5.52. The van der Waals surface area contributed by atoms with E-state index in [-0.39, 0.29) is 5.76 Å². The summed E-state index contributed by atoms with van der Waals surface area (Å²) in [6.45, 7) is 4.24. The second-order valence-corrected chi connectivity index (χ2v) is 8.36. The van der Waals surface area contributed by atoms with E-state index < -0.39 is 5.97 Å². The van der Waals surface area contributed by atoms with Crippen LogP contribution in [0, 0.1) is 0 Å². The fraction of sp³-hybridized carbons (Fsp3) is 0.250. The molecule has 0 atom stereocenters. The van der Waals surface area contributed by atoms with Crippen LogP contribution in [0.25, 0.3) is 11.0 Å². The second kappa shape index (κ2) is 7.95. The SMILES string of the molecule is O=C(O)c1cc2c(Br)c(N3CCN(Cc4cc(Cl)ccc4Cl)CC3)ccc2o1. The molecule has 8 heteroatoms. The van der Waals surface area contributed by atoms with Crippen molar-refractivity contribution in [2.24, 2.45) is 0 Å². The minimum Gasteiger partial charge on any atom is -0.475 e. The van der Waals surface area contributed by atoms with Crippen molar-refractivity contribution < 1.29 is 14.3 Å². The number of carbonyl (C=O) groups is 1. The van der Waals surface area contributed by atoms with E-state index >= 15 is 0 Å². The van der Waals surface area contributed by atoms with Gasteiger partial charge in [-0.15, -0.1) is 0 Å². The lowest BCUT2D eigenvalue weighted by Gasteiger charge is -2.36. The highest BCUT2D eigenvalue weighted by Crippen LogP contribution is 2.36. The van der Waals surface area contributed by atoms with E-state index in [0.29, 0.717) is 10.6 Å². The molecule has 2 aromatic carbocycles. The predicted molar refractivity (Wildman–Crippen MR) is 115 cm³/mol. The summed E-state index contributed by atoms with van der Waals surface area (Å²) in [6.07, 6.45) is 0. The number of benzene rings is 2. The fourth-order valence-corrected chi connectivity index (χ4v) is 4.53. The molecule has 0 aliphatic carbocycles. The number of halogens is 3. The van der Waals surface area contributed by atoms with Crippen LogP contribution in [-0.4, -0.2) is 42.2 Å². The number of hydrogen-bond acceptors (Lipinski definition) is 4. The van der Waals surface area contributed by atoms with Gasteiger partial charge in [0.1, 0.15) is 5.58 Å². The number of hydrogen-bond donors (Lipinski definition) is 1. The fourth-order valence-electron chi connectivity index (χ4n) is 3.47. The Labute approximate surface area is 180 Å². The molecule has 5 nitrogen and oxygen atoms in total. The highest BCUT2D eigenvalue weighted by Gasteiger charge is 2.22. The number of rotatable bonds is 4. The van der Waals surface area contributed by atoms with E-state index in [9.17, 15) is 4.79 Å². The van der Waals surface area contributed by atoms with Crippen LogP contribution >= 0.6 is 39.1 Å². The first-order chi connectivity index (χ1) is 13.4. The molecule has 1 aromatic heterocycles. The Morgan fingerprint density at radius 2 is 1.86 bits per heavy atom.